The topological polar surface area (TPSA) is 145 Å². The Labute approximate surface area is 352 Å². The molecule has 0 aliphatic heterocycles. The summed E-state index contributed by atoms with van der Waals surface area (Å²) in [5.41, 5.74) is -0.529. The highest BCUT2D eigenvalue weighted by atomic mass is 127. The smallest absolute Gasteiger partial charge is 0.308 e. The van der Waals surface area contributed by atoms with Gasteiger partial charge in [-0.3, -0.25) is 24.0 Å². The zero-order valence-electron chi connectivity index (χ0n) is 32.2. The average Bonchev–Trinajstić information content (AvgIpc) is 3.17. The molecule has 6 rings (SSSR count). The number of benzene rings is 5. The van der Waals surface area contributed by atoms with Gasteiger partial charge in [0.25, 0.3) is 0 Å². The van der Waals surface area contributed by atoms with Gasteiger partial charge in [0.2, 0.25) is 11.2 Å². The summed E-state index contributed by atoms with van der Waals surface area (Å²) in [5, 5.41) is 3.60. The number of rotatable bonds is 14. The van der Waals surface area contributed by atoms with Crippen LogP contribution in [0.4, 0.5) is 0 Å². The largest absolute Gasteiger partial charge is 1.00 e. The van der Waals surface area contributed by atoms with Crippen LogP contribution in [0.2, 0.25) is 0 Å². The molecule has 0 atom stereocenters. The molecular formula is C45H40IO11P. The fraction of sp³-hybridized carbons (Fsp3) is 0.178. The molecule has 1 aromatic heterocycles. The van der Waals surface area contributed by atoms with Crippen LogP contribution in [0, 0.1) is 0 Å². The van der Waals surface area contributed by atoms with Crippen molar-refractivity contribution in [3.05, 3.63) is 132 Å². The fourth-order valence-electron chi connectivity index (χ4n) is 6.65. The molecule has 6 aromatic rings. The van der Waals surface area contributed by atoms with Gasteiger partial charge in [0.05, 0.1) is 12.8 Å². The Hall–Kier alpha value is -5.85. The van der Waals surface area contributed by atoms with E-state index in [2.05, 4.69) is 72.8 Å². The van der Waals surface area contributed by atoms with Crippen LogP contribution >= 0.6 is 7.26 Å². The van der Waals surface area contributed by atoms with Crippen molar-refractivity contribution in [3.63, 3.8) is 0 Å². The van der Waals surface area contributed by atoms with E-state index in [9.17, 15) is 24.0 Å². The van der Waals surface area contributed by atoms with E-state index in [0.717, 1.165) is 12.6 Å². The van der Waals surface area contributed by atoms with Crippen LogP contribution < -0.4 is 69.0 Å². The van der Waals surface area contributed by atoms with Gasteiger partial charge in [-0.2, -0.15) is 0 Å². The van der Waals surface area contributed by atoms with Crippen molar-refractivity contribution >= 4 is 58.0 Å². The molecule has 0 spiro atoms. The Bertz CT molecular complexity index is 2390. The third-order valence-corrected chi connectivity index (χ3v) is 13.4. The highest BCUT2D eigenvalue weighted by Gasteiger charge is 2.44. The van der Waals surface area contributed by atoms with Gasteiger partial charge in [-0.25, -0.2) is 0 Å². The molecule has 0 unspecified atom stereocenters. The highest BCUT2D eigenvalue weighted by Crippen LogP contribution is 2.56. The van der Waals surface area contributed by atoms with Gasteiger partial charge in [-0.1, -0.05) is 54.6 Å². The molecule has 13 heteroatoms. The number of hydrogen-bond donors (Lipinski definition) is 0. The van der Waals surface area contributed by atoms with Crippen LogP contribution in [-0.2, 0) is 19.2 Å². The van der Waals surface area contributed by atoms with Gasteiger partial charge in [0.1, 0.15) is 45.6 Å². The third-order valence-electron chi connectivity index (χ3n) is 8.84. The summed E-state index contributed by atoms with van der Waals surface area (Å²) in [7, 11) is -2.13. The molecular weight excluding hydrogens is 874 g/mol. The number of carbonyl (C=O) groups is 4. The van der Waals surface area contributed by atoms with Gasteiger partial charge in [-0.15, -0.1) is 0 Å². The van der Waals surface area contributed by atoms with E-state index in [4.69, 9.17) is 28.1 Å². The number of ether oxygens (including phenoxy) is 5. The van der Waals surface area contributed by atoms with E-state index >= 15 is 0 Å². The Balaban J connectivity index is 0.00000641. The second kappa shape index (κ2) is 19.5. The fourth-order valence-corrected chi connectivity index (χ4v) is 11.1. The Morgan fingerprint density at radius 3 is 1.59 bits per heavy atom. The first kappa shape index (κ1) is 43.3. The predicted molar refractivity (Wildman–Crippen MR) is 218 cm³/mol. The molecule has 11 nitrogen and oxygen atoms in total. The molecule has 0 aliphatic carbocycles. The summed E-state index contributed by atoms with van der Waals surface area (Å²) < 4.78 is 33.9. The number of halogens is 1. The van der Waals surface area contributed by atoms with E-state index < -0.39 is 36.6 Å². The summed E-state index contributed by atoms with van der Waals surface area (Å²) in [6.45, 7) is 4.85. The van der Waals surface area contributed by atoms with Crippen molar-refractivity contribution in [1.82, 2.24) is 0 Å². The first-order valence-electron chi connectivity index (χ1n) is 18.2. The van der Waals surface area contributed by atoms with Crippen LogP contribution in [-0.4, -0.2) is 36.6 Å². The lowest BCUT2D eigenvalue weighted by Crippen LogP contribution is -3.00. The average molecular weight is 915 g/mol. The normalized spacial score (nSPS) is 10.9. The number of esters is 4. The van der Waals surface area contributed by atoms with Crippen LogP contribution in [0.15, 0.2) is 131 Å². The van der Waals surface area contributed by atoms with Crippen molar-refractivity contribution in [3.8, 4) is 40.1 Å². The van der Waals surface area contributed by atoms with Gasteiger partial charge in [0.15, 0.2) is 17.3 Å². The first-order chi connectivity index (χ1) is 27.5. The SMILES string of the molecule is CC(=O)Oc1cc(OC(C)=O)c2c(=O)c(OCCCC[P+](c3ccccc3)(c3ccccc3)c3ccccc3)c(-c3ccc(OC(C)=O)c(OC(C)=O)c3)oc2c1.[I-]. The minimum absolute atomic E-state index is 0. The van der Waals surface area contributed by atoms with Gasteiger partial charge in [-0.05, 0) is 67.4 Å². The zero-order valence-corrected chi connectivity index (χ0v) is 35.2. The lowest BCUT2D eigenvalue weighted by atomic mass is 10.1. The number of unbranched alkanes of at least 4 members (excludes halogenated alkanes) is 1. The summed E-state index contributed by atoms with van der Waals surface area (Å²) in [4.78, 5) is 62.4. The van der Waals surface area contributed by atoms with Crippen LogP contribution in [0.5, 0.6) is 28.7 Å². The maximum absolute atomic E-state index is 14.5. The molecule has 0 N–H and O–H groups in total. The lowest BCUT2D eigenvalue weighted by Gasteiger charge is -2.27. The van der Waals surface area contributed by atoms with Gasteiger partial charge >= 0.3 is 23.9 Å². The molecule has 0 fully saturated rings. The number of fused-ring (bicyclic) bond motifs is 1. The highest BCUT2D eigenvalue weighted by molar-refractivity contribution is 7.95. The van der Waals surface area contributed by atoms with E-state index in [0.29, 0.717) is 6.42 Å². The maximum atomic E-state index is 14.5. The molecule has 298 valence electrons. The van der Waals surface area contributed by atoms with Gasteiger partial charge in [0, 0.05) is 45.4 Å². The van der Waals surface area contributed by atoms with Crippen LogP contribution in [0.3, 0.4) is 0 Å². The Morgan fingerprint density at radius 1 is 0.569 bits per heavy atom. The van der Waals surface area contributed by atoms with Crippen LogP contribution in [0.1, 0.15) is 40.5 Å². The van der Waals surface area contributed by atoms with E-state index in [1.165, 1.54) is 73.9 Å². The van der Waals surface area contributed by atoms with E-state index in [1.54, 1.807) is 0 Å². The van der Waals surface area contributed by atoms with E-state index in [-0.39, 0.29) is 81.6 Å². The number of carbonyl (C=O) groups excluding carboxylic acids is 4. The van der Waals surface area contributed by atoms with Gasteiger partial charge < -0.3 is 52.1 Å². The van der Waals surface area contributed by atoms with Crippen molar-refractivity contribution in [2.45, 2.75) is 40.5 Å². The molecule has 0 saturated heterocycles. The standard InChI is InChI=1S/C45H40O11P.HI/c1-29(46)52-34-27-40(55-32(4)49)42-41(28-34)56-44(33-22-23-38(53-30(2)47)39(26-33)54-31(3)48)45(43(42)50)51-24-14-15-25-57(35-16-8-5-9-17-35,36-18-10-6-11-19-36)37-20-12-7-13-21-37;/h5-13,16-23,26-28H,14-15,24-25H2,1-4H3;1H/q+1;/p-1. The molecule has 58 heavy (non-hydrogen) atoms. The quantitative estimate of drug-likeness (QED) is 0.0507. The molecule has 5 aromatic carbocycles. The molecule has 1 heterocycles. The van der Waals surface area contributed by atoms with Crippen molar-refractivity contribution in [2.75, 3.05) is 12.8 Å². The molecule has 0 saturated carbocycles. The molecule has 0 amide bonds. The Kier molecular flexibility index (Phi) is 14.6. The van der Waals surface area contributed by atoms with Crippen molar-refractivity contribution in [1.29, 1.82) is 0 Å². The summed E-state index contributed by atoms with van der Waals surface area (Å²) in [6, 6.07) is 38.3. The third kappa shape index (κ3) is 9.99. The van der Waals surface area contributed by atoms with E-state index in [1.807, 2.05) is 18.2 Å². The maximum Gasteiger partial charge on any atom is 0.308 e. The second-order valence-electron chi connectivity index (χ2n) is 13.0. The van der Waals surface area contributed by atoms with Crippen molar-refractivity contribution in [2.24, 2.45) is 0 Å². The lowest BCUT2D eigenvalue weighted by molar-refractivity contribution is -0.134. The molecule has 0 bridgehead atoms. The molecule has 0 aliphatic rings. The number of hydrogen-bond acceptors (Lipinski definition) is 11. The summed E-state index contributed by atoms with van der Waals surface area (Å²) in [6.07, 6.45) is 2.07. The minimum atomic E-state index is -2.13. The van der Waals surface area contributed by atoms with Crippen molar-refractivity contribution < 1.29 is 71.3 Å². The predicted octanol–water partition coefficient (Wildman–Crippen LogP) is 4.32. The molecule has 0 radical (unpaired) electrons. The Morgan fingerprint density at radius 2 is 1.07 bits per heavy atom. The zero-order chi connectivity index (χ0) is 40.5. The summed E-state index contributed by atoms with van der Waals surface area (Å²) >= 11 is 0. The van der Waals surface area contributed by atoms with Crippen LogP contribution in [0.25, 0.3) is 22.3 Å². The summed E-state index contributed by atoms with van der Waals surface area (Å²) in [5.74, 6) is -3.38. The first-order valence-corrected chi connectivity index (χ1v) is 20.1. The monoisotopic (exact) mass is 914 g/mol. The second-order valence-corrected chi connectivity index (χ2v) is 16.6. The minimum Gasteiger partial charge on any atom is -1.00 e.